The fraction of sp³-hybridized carbons (Fsp3) is 0.185. The van der Waals surface area contributed by atoms with Crippen molar-refractivity contribution in [1.82, 2.24) is 20.1 Å². The number of halogens is 1. The van der Waals surface area contributed by atoms with Crippen molar-refractivity contribution in [3.05, 3.63) is 90.1 Å². The highest BCUT2D eigenvalue weighted by Crippen LogP contribution is 2.27. The second-order valence-electron chi connectivity index (χ2n) is 9.22. The Labute approximate surface area is 213 Å². The number of ether oxygens (including phenoxy) is 1. The summed E-state index contributed by atoms with van der Waals surface area (Å²) in [6, 6.07) is 17.2. The molecule has 3 N–H and O–H groups in total. The maximum absolute atomic E-state index is 13.8. The van der Waals surface area contributed by atoms with Crippen LogP contribution in [0.3, 0.4) is 0 Å². The number of nitrogens with one attached hydrogen (secondary N) is 3. The molecule has 0 aliphatic rings. The first kappa shape index (κ1) is 25.4. The van der Waals surface area contributed by atoms with Crippen molar-refractivity contribution in [3.63, 3.8) is 0 Å². The summed E-state index contributed by atoms with van der Waals surface area (Å²) < 4.78 is 21.1. The third-order valence-electron chi connectivity index (χ3n) is 5.31. The minimum Gasteiger partial charge on any atom is -0.457 e. The van der Waals surface area contributed by atoms with Crippen molar-refractivity contribution in [3.8, 4) is 17.2 Å². The van der Waals surface area contributed by atoms with E-state index < -0.39 is 11.8 Å². The highest BCUT2D eigenvalue weighted by atomic mass is 19.1. The number of benzene rings is 2. The lowest BCUT2D eigenvalue weighted by molar-refractivity contribution is 0.0957. The van der Waals surface area contributed by atoms with E-state index in [2.05, 4.69) is 26.0 Å². The lowest BCUT2D eigenvalue weighted by Gasteiger charge is -2.14. The van der Waals surface area contributed by atoms with Gasteiger partial charge in [-0.2, -0.15) is 5.10 Å². The molecule has 9 nitrogen and oxygen atoms in total. The first-order chi connectivity index (χ1) is 17.6. The summed E-state index contributed by atoms with van der Waals surface area (Å²) in [7, 11) is 1.53. The molecule has 4 rings (SSSR count). The Bertz CT molecular complexity index is 1430. The van der Waals surface area contributed by atoms with Crippen LogP contribution >= 0.6 is 0 Å². The van der Waals surface area contributed by atoms with E-state index in [1.54, 1.807) is 48.5 Å². The number of aromatic nitrogens is 3. The van der Waals surface area contributed by atoms with Gasteiger partial charge in [-0.15, -0.1) is 0 Å². The molecule has 0 spiro atoms. The predicted octanol–water partition coefficient (Wildman–Crippen LogP) is 5.50. The second-order valence-corrected chi connectivity index (χ2v) is 9.22. The Morgan fingerprint density at radius 2 is 1.70 bits per heavy atom. The SMILES string of the molecule is CNC(=O)c1cc(Oc2ccc(NC(=O)Nc3cc(C(C)(C)C)nn3-c3cccc(F)c3)cc2)ccn1. The molecule has 2 aromatic carbocycles. The van der Waals surface area contributed by atoms with Crippen LogP contribution in [0.4, 0.5) is 20.7 Å². The van der Waals surface area contributed by atoms with Crippen LogP contribution in [0.5, 0.6) is 11.5 Å². The van der Waals surface area contributed by atoms with Crippen LogP contribution in [0.15, 0.2) is 72.9 Å². The van der Waals surface area contributed by atoms with Crippen LogP contribution in [0, 0.1) is 5.82 Å². The van der Waals surface area contributed by atoms with Crippen molar-refractivity contribution < 1.29 is 18.7 Å². The number of carbonyl (C=O) groups is 2. The van der Waals surface area contributed by atoms with E-state index in [0.717, 1.165) is 5.69 Å². The molecule has 3 amide bonds. The van der Waals surface area contributed by atoms with Crippen molar-refractivity contribution in [2.24, 2.45) is 0 Å². The van der Waals surface area contributed by atoms with E-state index in [9.17, 15) is 14.0 Å². The van der Waals surface area contributed by atoms with Crippen molar-refractivity contribution in [2.75, 3.05) is 17.7 Å². The zero-order chi connectivity index (χ0) is 26.6. The van der Waals surface area contributed by atoms with Crippen LogP contribution in [0.25, 0.3) is 5.69 Å². The third-order valence-corrected chi connectivity index (χ3v) is 5.31. The normalized spacial score (nSPS) is 11.1. The zero-order valence-corrected chi connectivity index (χ0v) is 20.9. The number of nitrogens with zero attached hydrogens (tertiary/aromatic N) is 3. The monoisotopic (exact) mass is 502 g/mol. The highest BCUT2D eigenvalue weighted by Gasteiger charge is 2.22. The number of urea groups is 1. The molecule has 10 heteroatoms. The van der Waals surface area contributed by atoms with Gasteiger partial charge in [-0.05, 0) is 48.5 Å². The molecule has 0 unspecified atom stereocenters. The fourth-order valence-electron chi connectivity index (χ4n) is 3.39. The summed E-state index contributed by atoms with van der Waals surface area (Å²) in [5.74, 6) is 0.646. The molecule has 0 bridgehead atoms. The van der Waals surface area contributed by atoms with Gasteiger partial charge in [0.15, 0.2) is 0 Å². The Balaban J connectivity index is 1.46. The van der Waals surface area contributed by atoms with Gasteiger partial charge in [-0.1, -0.05) is 26.8 Å². The number of anilines is 2. The minimum absolute atomic E-state index is 0.238. The van der Waals surface area contributed by atoms with E-state index in [1.165, 1.54) is 36.1 Å². The summed E-state index contributed by atoms with van der Waals surface area (Å²) >= 11 is 0. The van der Waals surface area contributed by atoms with Gasteiger partial charge in [-0.3, -0.25) is 15.1 Å². The Morgan fingerprint density at radius 3 is 2.38 bits per heavy atom. The number of pyridine rings is 1. The largest absolute Gasteiger partial charge is 0.457 e. The second kappa shape index (κ2) is 10.5. The summed E-state index contributed by atoms with van der Waals surface area (Å²) in [5, 5.41) is 12.7. The van der Waals surface area contributed by atoms with Gasteiger partial charge < -0.3 is 15.4 Å². The van der Waals surface area contributed by atoms with Crippen LogP contribution in [0.2, 0.25) is 0 Å². The molecule has 37 heavy (non-hydrogen) atoms. The molecule has 2 aromatic heterocycles. The van der Waals surface area contributed by atoms with Gasteiger partial charge in [-0.25, -0.2) is 13.9 Å². The maximum atomic E-state index is 13.8. The maximum Gasteiger partial charge on any atom is 0.324 e. The first-order valence-corrected chi connectivity index (χ1v) is 11.5. The van der Waals surface area contributed by atoms with E-state index in [4.69, 9.17) is 4.74 Å². The first-order valence-electron chi connectivity index (χ1n) is 11.5. The van der Waals surface area contributed by atoms with Crippen molar-refractivity contribution in [1.29, 1.82) is 0 Å². The van der Waals surface area contributed by atoms with Crippen LogP contribution in [-0.2, 0) is 5.41 Å². The molecule has 0 saturated carbocycles. The number of carbonyl (C=O) groups excluding carboxylic acids is 2. The lowest BCUT2D eigenvalue weighted by atomic mass is 9.92. The Morgan fingerprint density at radius 1 is 0.946 bits per heavy atom. The van der Waals surface area contributed by atoms with Gasteiger partial charge in [0, 0.05) is 36.5 Å². The average molecular weight is 503 g/mol. The van der Waals surface area contributed by atoms with Gasteiger partial charge in [0.2, 0.25) is 0 Å². The summed E-state index contributed by atoms with van der Waals surface area (Å²) in [6.45, 7) is 6.01. The zero-order valence-electron chi connectivity index (χ0n) is 20.9. The van der Waals surface area contributed by atoms with E-state index in [-0.39, 0.29) is 17.0 Å². The smallest absolute Gasteiger partial charge is 0.324 e. The van der Waals surface area contributed by atoms with E-state index in [0.29, 0.717) is 28.7 Å². The predicted molar refractivity (Wildman–Crippen MR) is 139 cm³/mol. The molecule has 0 atom stereocenters. The Kier molecular flexibility index (Phi) is 7.19. The molecular formula is C27H27FN6O3. The van der Waals surface area contributed by atoms with E-state index in [1.807, 2.05) is 20.8 Å². The summed E-state index contributed by atoms with van der Waals surface area (Å²) in [6.07, 6.45) is 1.49. The van der Waals surface area contributed by atoms with Gasteiger partial charge >= 0.3 is 6.03 Å². The van der Waals surface area contributed by atoms with Crippen LogP contribution in [-0.4, -0.2) is 33.8 Å². The number of hydrogen-bond donors (Lipinski definition) is 3. The van der Waals surface area contributed by atoms with Gasteiger partial charge in [0.05, 0.1) is 11.4 Å². The van der Waals surface area contributed by atoms with Crippen molar-refractivity contribution >= 4 is 23.4 Å². The molecule has 0 aliphatic carbocycles. The summed E-state index contributed by atoms with van der Waals surface area (Å²) in [4.78, 5) is 28.6. The Hall–Kier alpha value is -4.73. The molecule has 0 saturated heterocycles. The van der Waals surface area contributed by atoms with E-state index >= 15 is 0 Å². The third kappa shape index (κ3) is 6.29. The molecule has 0 fully saturated rings. The standard InChI is InChI=1S/C27H27FN6O3/c1-27(2,3)23-16-24(34(33-23)19-7-5-6-17(28)14-19)32-26(36)31-18-8-10-20(11-9-18)37-21-12-13-30-22(15-21)25(35)29-4/h5-16H,1-4H3,(H,29,35)(H2,31,32,36). The van der Waals surface area contributed by atoms with Crippen molar-refractivity contribution in [2.45, 2.75) is 26.2 Å². The minimum atomic E-state index is -0.490. The molecule has 0 radical (unpaired) electrons. The summed E-state index contributed by atoms with van der Waals surface area (Å²) in [5.41, 5.74) is 1.71. The van der Waals surface area contributed by atoms with Crippen LogP contribution in [0.1, 0.15) is 37.0 Å². The number of amides is 3. The fourth-order valence-corrected chi connectivity index (χ4v) is 3.39. The molecule has 0 aliphatic heterocycles. The average Bonchev–Trinajstić information content (AvgIpc) is 3.29. The lowest BCUT2D eigenvalue weighted by Crippen LogP contribution is -2.21. The number of hydrogen-bond acceptors (Lipinski definition) is 5. The van der Waals surface area contributed by atoms with Crippen LogP contribution < -0.4 is 20.7 Å². The molecule has 2 heterocycles. The number of rotatable bonds is 6. The quantitative estimate of drug-likeness (QED) is 0.323. The van der Waals surface area contributed by atoms with Gasteiger partial charge in [0.1, 0.15) is 28.8 Å². The highest BCUT2D eigenvalue weighted by molar-refractivity contribution is 5.99. The topological polar surface area (TPSA) is 110 Å². The molecule has 190 valence electrons. The molecular weight excluding hydrogens is 475 g/mol. The molecule has 4 aromatic rings. The van der Waals surface area contributed by atoms with Gasteiger partial charge in [0.25, 0.3) is 5.91 Å².